The second kappa shape index (κ2) is 7.33. The molecule has 9 rings (SSSR count). The first-order chi connectivity index (χ1) is 18.9. The normalized spacial score (nSPS) is 51.2. The topological polar surface area (TPSA) is 61.8 Å². The van der Waals surface area contributed by atoms with Gasteiger partial charge < -0.3 is 14.2 Å². The van der Waals surface area contributed by atoms with Crippen LogP contribution in [-0.2, 0) is 24.5 Å². The predicted octanol–water partition coefficient (Wildman–Crippen LogP) is 5.28. The quantitative estimate of drug-likeness (QED) is 0.491. The Kier molecular flexibility index (Phi) is 4.41. The van der Waals surface area contributed by atoms with Gasteiger partial charge in [-0.15, -0.1) is 0 Å². The fourth-order valence-electron chi connectivity index (χ4n) is 12.4. The molecular formula is C34H38O5. The zero-order valence-corrected chi connectivity index (χ0v) is 22.9. The van der Waals surface area contributed by atoms with E-state index in [0.717, 1.165) is 31.4 Å². The molecule has 0 amide bonds. The first kappa shape index (κ1) is 23.5. The molecule has 4 bridgehead atoms. The average Bonchev–Trinajstić information content (AvgIpc) is 3.76. The van der Waals surface area contributed by atoms with Gasteiger partial charge >= 0.3 is 0 Å². The standard InChI is InChI=1S/C34H38O5/c1-31-11-3-4-12-32(31)13-14-33(31,21-7-9-22(37-2)10-8-21)28-24(35)18-23-26(29(28)32)30(36)25-19-5-6-20(17-19)27(25)34(23)38-15-16-39-34/h5-10,13-14,19-20,23,25-29H,3-4,11-12,15-18H2,1-2H3/t19-,20+,23+,25-,26+,27+,28+,29-,31-,32-,33+/m0/s1. The minimum atomic E-state index is -0.797. The molecule has 1 saturated heterocycles. The van der Waals surface area contributed by atoms with Gasteiger partial charge in [-0.05, 0) is 65.5 Å². The molecular weight excluding hydrogens is 488 g/mol. The maximum atomic E-state index is 14.9. The van der Waals surface area contributed by atoms with Crippen molar-refractivity contribution in [3.05, 3.63) is 54.1 Å². The summed E-state index contributed by atoms with van der Waals surface area (Å²) in [5.74, 6) is 0.823. The van der Waals surface area contributed by atoms with E-state index in [0.29, 0.717) is 37.1 Å². The third kappa shape index (κ3) is 2.35. The molecule has 7 aliphatic carbocycles. The van der Waals surface area contributed by atoms with Crippen LogP contribution in [0.2, 0.25) is 0 Å². The Balaban J connectivity index is 1.26. The summed E-state index contributed by atoms with van der Waals surface area (Å²) in [5.41, 5.74) is 0.535. The zero-order valence-electron chi connectivity index (χ0n) is 22.9. The summed E-state index contributed by atoms with van der Waals surface area (Å²) in [6.45, 7) is 3.57. The number of carbonyl (C=O) groups excluding carboxylic acids is 2. The minimum absolute atomic E-state index is 0.00221. The zero-order chi connectivity index (χ0) is 26.4. The fourth-order valence-corrected chi connectivity index (χ4v) is 12.4. The van der Waals surface area contributed by atoms with Gasteiger partial charge in [0.25, 0.3) is 0 Å². The number of hydrogen-bond donors (Lipinski definition) is 0. The fraction of sp³-hybridized carbons (Fsp3) is 0.647. The molecule has 0 aromatic heterocycles. The third-order valence-corrected chi connectivity index (χ3v) is 13.5. The van der Waals surface area contributed by atoms with Crippen LogP contribution in [0.5, 0.6) is 5.75 Å². The van der Waals surface area contributed by atoms with E-state index in [1.54, 1.807) is 7.11 Å². The Morgan fingerprint density at radius 2 is 1.64 bits per heavy atom. The second-order valence-electron chi connectivity index (χ2n) is 14.1. The lowest BCUT2D eigenvalue weighted by molar-refractivity contribution is -0.277. The monoisotopic (exact) mass is 526 g/mol. The number of ketones is 2. The molecule has 6 fully saturated rings. The van der Waals surface area contributed by atoms with Crippen LogP contribution in [0, 0.1) is 58.2 Å². The molecule has 5 nitrogen and oxygen atoms in total. The van der Waals surface area contributed by atoms with Crippen LogP contribution in [0.25, 0.3) is 0 Å². The molecule has 5 saturated carbocycles. The number of carbonyl (C=O) groups is 2. The Morgan fingerprint density at radius 3 is 2.41 bits per heavy atom. The average molecular weight is 527 g/mol. The van der Waals surface area contributed by atoms with Crippen molar-refractivity contribution in [2.45, 2.75) is 56.7 Å². The number of Topliss-reactive ketones (excluding diaryl/α,β-unsaturated/α-hetero) is 2. The number of fused-ring (bicyclic) bond motifs is 11. The van der Waals surface area contributed by atoms with Crippen molar-refractivity contribution in [2.75, 3.05) is 20.3 Å². The van der Waals surface area contributed by atoms with Crippen LogP contribution in [-0.4, -0.2) is 37.7 Å². The Bertz CT molecular complexity index is 1340. The molecule has 1 heterocycles. The number of ether oxygens (including phenoxy) is 3. The van der Waals surface area contributed by atoms with Gasteiger partial charge in [0.2, 0.25) is 0 Å². The number of benzene rings is 1. The van der Waals surface area contributed by atoms with Gasteiger partial charge in [-0.2, -0.15) is 0 Å². The van der Waals surface area contributed by atoms with Gasteiger partial charge in [0, 0.05) is 41.4 Å². The molecule has 8 aliphatic rings. The summed E-state index contributed by atoms with van der Waals surface area (Å²) in [5, 5.41) is 0. The summed E-state index contributed by atoms with van der Waals surface area (Å²) in [4.78, 5) is 29.6. The predicted molar refractivity (Wildman–Crippen MR) is 144 cm³/mol. The highest BCUT2D eigenvalue weighted by atomic mass is 16.7. The third-order valence-electron chi connectivity index (χ3n) is 13.5. The van der Waals surface area contributed by atoms with Crippen molar-refractivity contribution >= 4 is 11.6 Å². The molecule has 11 atom stereocenters. The molecule has 1 aromatic carbocycles. The van der Waals surface area contributed by atoms with E-state index in [-0.39, 0.29) is 52.3 Å². The van der Waals surface area contributed by atoms with Crippen LogP contribution >= 0.6 is 0 Å². The van der Waals surface area contributed by atoms with Gasteiger partial charge in [-0.3, -0.25) is 9.59 Å². The van der Waals surface area contributed by atoms with Gasteiger partial charge in [-0.1, -0.05) is 56.2 Å². The maximum absolute atomic E-state index is 14.9. The molecule has 1 aromatic rings. The molecule has 0 N–H and O–H groups in total. The number of hydrogen-bond acceptors (Lipinski definition) is 5. The first-order valence-electron chi connectivity index (χ1n) is 15.3. The van der Waals surface area contributed by atoms with Crippen molar-refractivity contribution in [1.29, 1.82) is 0 Å². The SMILES string of the molecule is COc1ccc([C@@]23C=C[C@@]4(CCCC[C@@]42C)[C@H]2[C@@H]4C(=O)[C@@H]5[C@@H]([C@@H]6C=C[C@H]5C6)C5(OCCO5)[C@@H]4CC(=O)[C@H]23)cc1. The van der Waals surface area contributed by atoms with E-state index in [2.05, 4.69) is 43.4 Å². The number of methoxy groups -OCH3 is 1. The number of rotatable bonds is 2. The molecule has 5 heteroatoms. The van der Waals surface area contributed by atoms with Crippen LogP contribution in [0.15, 0.2) is 48.6 Å². The highest BCUT2D eigenvalue weighted by Gasteiger charge is 2.82. The van der Waals surface area contributed by atoms with Crippen molar-refractivity contribution < 1.29 is 23.8 Å². The van der Waals surface area contributed by atoms with Crippen molar-refractivity contribution in [3.63, 3.8) is 0 Å². The van der Waals surface area contributed by atoms with Crippen molar-refractivity contribution in [3.8, 4) is 5.75 Å². The smallest absolute Gasteiger partial charge is 0.176 e. The van der Waals surface area contributed by atoms with E-state index < -0.39 is 11.2 Å². The first-order valence-corrected chi connectivity index (χ1v) is 15.3. The number of allylic oxidation sites excluding steroid dienone is 4. The summed E-state index contributed by atoms with van der Waals surface area (Å²) in [7, 11) is 1.70. The van der Waals surface area contributed by atoms with E-state index in [1.165, 1.54) is 12.0 Å². The van der Waals surface area contributed by atoms with E-state index in [1.807, 2.05) is 12.1 Å². The van der Waals surface area contributed by atoms with Crippen molar-refractivity contribution in [2.24, 2.45) is 58.2 Å². The Labute approximate surface area is 230 Å². The van der Waals surface area contributed by atoms with Gasteiger partial charge in [0.05, 0.1) is 20.3 Å². The molecule has 39 heavy (non-hydrogen) atoms. The van der Waals surface area contributed by atoms with E-state index >= 15 is 0 Å². The summed E-state index contributed by atoms with van der Waals surface area (Å²) >= 11 is 0. The largest absolute Gasteiger partial charge is 0.497 e. The van der Waals surface area contributed by atoms with Crippen LogP contribution in [0.4, 0.5) is 0 Å². The van der Waals surface area contributed by atoms with Crippen LogP contribution in [0.3, 0.4) is 0 Å². The highest BCUT2D eigenvalue weighted by molar-refractivity contribution is 5.94. The van der Waals surface area contributed by atoms with Crippen molar-refractivity contribution in [1.82, 2.24) is 0 Å². The lowest BCUT2D eigenvalue weighted by Gasteiger charge is -2.59. The maximum Gasteiger partial charge on any atom is 0.176 e. The van der Waals surface area contributed by atoms with E-state index in [4.69, 9.17) is 14.2 Å². The van der Waals surface area contributed by atoms with Gasteiger partial charge in [0.15, 0.2) is 5.79 Å². The van der Waals surface area contributed by atoms with E-state index in [9.17, 15) is 9.59 Å². The van der Waals surface area contributed by atoms with Gasteiger partial charge in [-0.25, -0.2) is 0 Å². The highest BCUT2D eigenvalue weighted by Crippen LogP contribution is 2.82. The summed E-state index contributed by atoms with van der Waals surface area (Å²) in [6, 6.07) is 8.46. The van der Waals surface area contributed by atoms with Crippen LogP contribution < -0.4 is 4.74 Å². The summed E-state index contributed by atoms with van der Waals surface area (Å²) in [6.07, 6.45) is 15.4. The molecule has 0 radical (unpaired) electrons. The minimum Gasteiger partial charge on any atom is -0.497 e. The lowest BCUT2D eigenvalue weighted by atomic mass is 9.46. The molecule has 1 spiro atoms. The van der Waals surface area contributed by atoms with Gasteiger partial charge in [0.1, 0.15) is 17.3 Å². The molecule has 1 aliphatic heterocycles. The summed E-state index contributed by atoms with van der Waals surface area (Å²) < 4.78 is 18.8. The Hall–Kier alpha value is -2.24. The van der Waals surface area contributed by atoms with Crippen LogP contribution in [0.1, 0.15) is 51.0 Å². The second-order valence-corrected chi connectivity index (χ2v) is 14.1. The molecule has 204 valence electrons. The lowest BCUT2D eigenvalue weighted by Crippen LogP contribution is -2.66. The molecule has 0 unspecified atom stereocenters. The Morgan fingerprint density at radius 1 is 0.897 bits per heavy atom.